The number of aryl methyl sites for hydroxylation is 1. The number of para-hydroxylation sites is 2. The molecule has 0 bridgehead atoms. The summed E-state index contributed by atoms with van der Waals surface area (Å²) < 4.78 is 12.8. The number of carbonyl (C=O) groups is 1. The van der Waals surface area contributed by atoms with Gasteiger partial charge in [-0.15, -0.1) is 0 Å². The van der Waals surface area contributed by atoms with Crippen molar-refractivity contribution in [3.05, 3.63) is 58.3 Å². The molecule has 1 aliphatic rings. The van der Waals surface area contributed by atoms with Crippen LogP contribution in [0.4, 0.5) is 5.82 Å². The molecule has 1 atom stereocenters. The highest BCUT2D eigenvalue weighted by molar-refractivity contribution is 6.35. The van der Waals surface area contributed by atoms with Crippen molar-refractivity contribution in [2.75, 3.05) is 11.9 Å². The maximum Gasteiger partial charge on any atom is 0.270 e. The van der Waals surface area contributed by atoms with E-state index in [0.717, 1.165) is 0 Å². The van der Waals surface area contributed by atoms with Crippen LogP contribution in [-0.4, -0.2) is 33.4 Å². The van der Waals surface area contributed by atoms with Crippen LogP contribution in [0.5, 0.6) is 11.5 Å². The Morgan fingerprint density at radius 3 is 2.81 bits per heavy atom. The van der Waals surface area contributed by atoms with Crippen molar-refractivity contribution in [3.8, 4) is 17.3 Å². The summed E-state index contributed by atoms with van der Waals surface area (Å²) in [7, 11) is 0. The zero-order chi connectivity index (χ0) is 19.0. The van der Waals surface area contributed by atoms with E-state index in [9.17, 15) is 4.79 Å². The first-order chi connectivity index (χ1) is 13.0. The second-order valence-electron chi connectivity index (χ2n) is 5.90. The zero-order valence-corrected chi connectivity index (χ0v) is 15.7. The molecule has 0 spiro atoms. The number of carbonyl (C=O) groups excluding carboxylic acids is 1. The number of pyridine rings is 1. The highest BCUT2D eigenvalue weighted by Crippen LogP contribution is 2.31. The number of fused-ring (bicyclic) bond motifs is 1. The van der Waals surface area contributed by atoms with Gasteiger partial charge < -0.3 is 14.8 Å². The summed E-state index contributed by atoms with van der Waals surface area (Å²) in [6.45, 7) is 1.91. The molecule has 1 aromatic carbocycles. The summed E-state index contributed by atoms with van der Waals surface area (Å²) in [5.74, 6) is 1.54. The third kappa shape index (κ3) is 3.56. The summed E-state index contributed by atoms with van der Waals surface area (Å²) in [6, 6.07) is 10.5. The lowest BCUT2D eigenvalue weighted by molar-refractivity contribution is -0.125. The van der Waals surface area contributed by atoms with Crippen molar-refractivity contribution >= 4 is 34.9 Å². The first-order valence-electron chi connectivity index (χ1n) is 8.08. The Hall–Kier alpha value is -2.77. The summed E-state index contributed by atoms with van der Waals surface area (Å²) in [6.07, 6.45) is 0.664. The molecule has 1 amide bonds. The Kier molecular flexibility index (Phi) is 4.63. The summed E-state index contributed by atoms with van der Waals surface area (Å²) >= 11 is 12.1. The van der Waals surface area contributed by atoms with Crippen molar-refractivity contribution < 1.29 is 14.3 Å². The summed E-state index contributed by atoms with van der Waals surface area (Å²) in [5, 5.41) is 7.86. The molecule has 1 unspecified atom stereocenters. The number of nitrogens with zero attached hydrogens (tertiary/aromatic N) is 3. The summed E-state index contributed by atoms with van der Waals surface area (Å²) in [4.78, 5) is 16.9. The number of ether oxygens (including phenoxy) is 2. The van der Waals surface area contributed by atoms with Gasteiger partial charge in [0.15, 0.2) is 17.3 Å². The topological polar surface area (TPSA) is 78.3 Å². The average Bonchev–Trinajstić information content (AvgIpc) is 3.01. The maximum atomic E-state index is 12.7. The Bertz CT molecular complexity index is 1020. The number of halogens is 2. The number of amides is 1. The molecule has 3 heterocycles. The van der Waals surface area contributed by atoms with Crippen molar-refractivity contribution in [1.82, 2.24) is 14.8 Å². The van der Waals surface area contributed by atoms with E-state index in [2.05, 4.69) is 15.4 Å². The molecule has 0 saturated heterocycles. The molecule has 1 aliphatic heterocycles. The fourth-order valence-electron chi connectivity index (χ4n) is 2.67. The fourth-order valence-corrected chi connectivity index (χ4v) is 3.13. The van der Waals surface area contributed by atoms with Gasteiger partial charge in [-0.25, -0.2) is 4.98 Å². The van der Waals surface area contributed by atoms with Gasteiger partial charge in [0, 0.05) is 12.3 Å². The van der Waals surface area contributed by atoms with Crippen molar-refractivity contribution in [2.24, 2.45) is 0 Å². The fraction of sp³-hybridized carbons (Fsp3) is 0.167. The number of benzene rings is 1. The Morgan fingerprint density at radius 2 is 2.04 bits per heavy atom. The smallest absolute Gasteiger partial charge is 0.270 e. The largest absolute Gasteiger partial charge is 0.485 e. The molecule has 4 rings (SSSR count). The molecule has 0 fully saturated rings. The van der Waals surface area contributed by atoms with E-state index in [1.165, 1.54) is 10.9 Å². The van der Waals surface area contributed by atoms with Gasteiger partial charge >= 0.3 is 0 Å². The zero-order valence-electron chi connectivity index (χ0n) is 14.1. The highest BCUT2D eigenvalue weighted by Gasteiger charge is 2.28. The standard InChI is InChI=1S/C18H14Cl2N4O3/c1-10-6-16(24(23-10)17-12(20)7-11(19)8-21-17)22-18(25)15-9-26-13-4-2-3-5-14(13)27-15/h2-8,15H,9H2,1H3,(H,22,25). The van der Waals surface area contributed by atoms with E-state index in [-0.39, 0.29) is 12.5 Å². The van der Waals surface area contributed by atoms with Gasteiger partial charge in [0.25, 0.3) is 5.91 Å². The molecular weight excluding hydrogens is 391 g/mol. The molecule has 0 radical (unpaired) electrons. The number of anilines is 1. The predicted octanol–water partition coefficient (Wildman–Crippen LogP) is 3.66. The van der Waals surface area contributed by atoms with Gasteiger partial charge in [-0.05, 0) is 25.1 Å². The lowest BCUT2D eigenvalue weighted by Gasteiger charge is -2.25. The van der Waals surface area contributed by atoms with E-state index in [1.54, 1.807) is 31.2 Å². The van der Waals surface area contributed by atoms with Gasteiger partial charge in [-0.2, -0.15) is 9.78 Å². The second-order valence-corrected chi connectivity index (χ2v) is 6.74. The minimum Gasteiger partial charge on any atom is -0.485 e. The van der Waals surface area contributed by atoms with Crippen LogP contribution < -0.4 is 14.8 Å². The van der Waals surface area contributed by atoms with E-state index < -0.39 is 6.10 Å². The van der Waals surface area contributed by atoms with E-state index >= 15 is 0 Å². The molecule has 27 heavy (non-hydrogen) atoms. The number of hydrogen-bond acceptors (Lipinski definition) is 5. The number of nitrogens with one attached hydrogen (secondary N) is 1. The maximum absolute atomic E-state index is 12.7. The van der Waals surface area contributed by atoms with E-state index in [1.807, 2.05) is 12.1 Å². The van der Waals surface area contributed by atoms with Crippen molar-refractivity contribution in [2.45, 2.75) is 13.0 Å². The Morgan fingerprint density at radius 1 is 1.26 bits per heavy atom. The highest BCUT2D eigenvalue weighted by atomic mass is 35.5. The van der Waals surface area contributed by atoms with Gasteiger partial charge in [-0.3, -0.25) is 4.79 Å². The van der Waals surface area contributed by atoms with Crippen LogP contribution in [0.1, 0.15) is 5.69 Å². The lowest BCUT2D eigenvalue weighted by Crippen LogP contribution is -2.40. The van der Waals surface area contributed by atoms with Crippen molar-refractivity contribution in [1.29, 1.82) is 0 Å². The average molecular weight is 405 g/mol. The second kappa shape index (κ2) is 7.09. The quantitative estimate of drug-likeness (QED) is 0.720. The lowest BCUT2D eigenvalue weighted by atomic mass is 10.2. The molecule has 7 nitrogen and oxygen atoms in total. The first-order valence-corrected chi connectivity index (χ1v) is 8.84. The molecule has 9 heteroatoms. The third-order valence-corrected chi connectivity index (χ3v) is 4.36. The minimum absolute atomic E-state index is 0.107. The van der Waals surface area contributed by atoms with Crippen LogP contribution in [0.3, 0.4) is 0 Å². The van der Waals surface area contributed by atoms with Gasteiger partial charge in [0.2, 0.25) is 6.10 Å². The third-order valence-electron chi connectivity index (χ3n) is 3.87. The molecule has 2 aromatic heterocycles. The van der Waals surface area contributed by atoms with E-state index in [4.69, 9.17) is 32.7 Å². The number of rotatable bonds is 3. The van der Waals surface area contributed by atoms with Gasteiger partial charge in [0.05, 0.1) is 15.7 Å². The monoisotopic (exact) mass is 404 g/mol. The molecule has 138 valence electrons. The molecule has 1 N–H and O–H groups in total. The van der Waals surface area contributed by atoms with Crippen LogP contribution in [0, 0.1) is 6.92 Å². The van der Waals surface area contributed by atoms with Crippen LogP contribution in [-0.2, 0) is 4.79 Å². The first kappa shape index (κ1) is 17.6. The van der Waals surface area contributed by atoms with Crippen LogP contribution in [0.2, 0.25) is 10.0 Å². The normalized spacial score (nSPS) is 15.4. The predicted molar refractivity (Wildman–Crippen MR) is 101 cm³/mol. The van der Waals surface area contributed by atoms with Crippen LogP contribution in [0.15, 0.2) is 42.6 Å². The minimum atomic E-state index is -0.794. The van der Waals surface area contributed by atoms with E-state index in [0.29, 0.717) is 38.9 Å². The molecule has 3 aromatic rings. The van der Waals surface area contributed by atoms with Crippen molar-refractivity contribution in [3.63, 3.8) is 0 Å². The molecule has 0 saturated carbocycles. The SMILES string of the molecule is Cc1cc(NC(=O)C2COc3ccccc3O2)n(-c2ncc(Cl)cc2Cl)n1. The molecular formula is C18H14Cl2N4O3. The Balaban J connectivity index is 1.58. The number of aromatic nitrogens is 3. The molecule has 0 aliphatic carbocycles. The van der Waals surface area contributed by atoms with Crippen LogP contribution in [0.25, 0.3) is 5.82 Å². The van der Waals surface area contributed by atoms with Crippen LogP contribution >= 0.6 is 23.2 Å². The van der Waals surface area contributed by atoms with Gasteiger partial charge in [0.1, 0.15) is 12.4 Å². The number of hydrogen-bond donors (Lipinski definition) is 1. The summed E-state index contributed by atoms with van der Waals surface area (Å²) in [5.41, 5.74) is 0.685. The Labute approximate surface area is 164 Å². The van der Waals surface area contributed by atoms with Gasteiger partial charge in [-0.1, -0.05) is 35.3 Å².